The second-order valence-electron chi connectivity index (χ2n) is 7.34. The number of piperazine rings is 1. The van der Waals surface area contributed by atoms with Gasteiger partial charge in [-0.05, 0) is 55.8 Å². The van der Waals surface area contributed by atoms with E-state index in [4.69, 9.17) is 11.6 Å². The van der Waals surface area contributed by atoms with Gasteiger partial charge in [-0.1, -0.05) is 11.6 Å². The Kier molecular flexibility index (Phi) is 7.15. The first kappa shape index (κ1) is 24.2. The van der Waals surface area contributed by atoms with Crippen molar-refractivity contribution in [1.29, 1.82) is 0 Å². The van der Waals surface area contributed by atoms with Crippen LogP contribution in [0.3, 0.4) is 0 Å². The summed E-state index contributed by atoms with van der Waals surface area (Å²) in [5.41, 5.74) is 0.596. The van der Waals surface area contributed by atoms with Gasteiger partial charge in [0.1, 0.15) is 5.82 Å². The average molecular weight is 497 g/mol. The summed E-state index contributed by atoms with van der Waals surface area (Å²) in [6, 6.07) is 8.02. The molecule has 0 aliphatic carbocycles. The lowest BCUT2D eigenvalue weighted by Crippen LogP contribution is -2.54. The van der Waals surface area contributed by atoms with Crippen molar-refractivity contribution >= 4 is 39.1 Å². The van der Waals surface area contributed by atoms with E-state index in [0.717, 1.165) is 0 Å². The molecule has 2 aromatic rings. The molecule has 1 fully saturated rings. The molecule has 11 heteroatoms. The topological polar surface area (TPSA) is 40.6 Å². The maximum Gasteiger partial charge on any atom is 0.398 e. The van der Waals surface area contributed by atoms with Gasteiger partial charge in [-0.2, -0.15) is 17.5 Å². The van der Waals surface area contributed by atoms with E-state index in [1.54, 1.807) is 18.7 Å². The highest BCUT2D eigenvalue weighted by molar-refractivity contribution is 7.99. The van der Waals surface area contributed by atoms with Gasteiger partial charge in [0, 0.05) is 35.6 Å². The average Bonchev–Trinajstić information content (AvgIpc) is 2.66. The molecule has 0 radical (unpaired) electrons. The number of nitrogens with zero attached hydrogens (tertiary/aromatic N) is 2. The Morgan fingerprint density at radius 3 is 2.39 bits per heavy atom. The molecule has 1 atom stereocenters. The van der Waals surface area contributed by atoms with E-state index in [9.17, 15) is 26.0 Å². The molecule has 0 spiro atoms. The van der Waals surface area contributed by atoms with Crippen molar-refractivity contribution < 1.29 is 26.0 Å². The smallest absolute Gasteiger partial charge is 0.366 e. The number of hydrogen-bond acceptors (Lipinski definition) is 4. The molecule has 1 aliphatic rings. The summed E-state index contributed by atoms with van der Waals surface area (Å²) in [5, 5.41) is 0.422. The third kappa shape index (κ3) is 5.66. The number of benzene rings is 2. The van der Waals surface area contributed by atoms with Gasteiger partial charge in [0.15, 0.2) is 0 Å². The molecule has 0 N–H and O–H groups in total. The van der Waals surface area contributed by atoms with Crippen LogP contribution in [0.15, 0.2) is 46.2 Å². The van der Waals surface area contributed by atoms with E-state index >= 15 is 0 Å². The van der Waals surface area contributed by atoms with Crippen LogP contribution >= 0.6 is 23.4 Å². The molecule has 1 unspecified atom stereocenters. The highest BCUT2D eigenvalue weighted by atomic mass is 35.5. The Labute approximate surface area is 188 Å². The van der Waals surface area contributed by atoms with Crippen LogP contribution in [0.2, 0.25) is 5.02 Å². The number of halogens is 5. The van der Waals surface area contributed by atoms with Crippen molar-refractivity contribution in [3.05, 3.63) is 52.8 Å². The fourth-order valence-corrected chi connectivity index (χ4v) is 6.00. The largest absolute Gasteiger partial charge is 0.398 e. The second kappa shape index (κ2) is 9.17. The summed E-state index contributed by atoms with van der Waals surface area (Å²) in [6.07, 6.45) is -4.33. The Morgan fingerprint density at radius 1 is 1.16 bits per heavy atom. The number of alkyl halides is 3. The Morgan fingerprint density at radius 2 is 1.81 bits per heavy atom. The van der Waals surface area contributed by atoms with Crippen LogP contribution in [0.4, 0.5) is 23.2 Å². The van der Waals surface area contributed by atoms with Gasteiger partial charge in [0.2, 0.25) is 10.0 Å². The summed E-state index contributed by atoms with van der Waals surface area (Å²) < 4.78 is 79.7. The van der Waals surface area contributed by atoms with Crippen LogP contribution in [0.25, 0.3) is 0 Å². The van der Waals surface area contributed by atoms with Gasteiger partial charge in [0.25, 0.3) is 0 Å². The second-order valence-corrected chi connectivity index (χ2v) is 10.7. The molecule has 4 nitrogen and oxygen atoms in total. The van der Waals surface area contributed by atoms with Crippen molar-refractivity contribution in [1.82, 2.24) is 4.31 Å². The number of rotatable bonds is 5. The van der Waals surface area contributed by atoms with Gasteiger partial charge in [-0.3, -0.25) is 0 Å². The van der Waals surface area contributed by atoms with Crippen LogP contribution < -0.4 is 4.90 Å². The van der Waals surface area contributed by atoms with Gasteiger partial charge in [-0.15, -0.1) is 11.8 Å². The zero-order valence-corrected chi connectivity index (χ0v) is 19.2. The number of hydrogen-bond donors (Lipinski definition) is 0. The molecular formula is C20H21ClF4N2O2S2. The first-order valence-corrected chi connectivity index (χ1v) is 12.2. The van der Waals surface area contributed by atoms with Crippen molar-refractivity contribution in [2.24, 2.45) is 0 Å². The predicted molar refractivity (Wildman–Crippen MR) is 115 cm³/mol. The van der Waals surface area contributed by atoms with Gasteiger partial charge in [-0.25, -0.2) is 12.8 Å². The first-order valence-electron chi connectivity index (χ1n) is 9.40. The molecule has 0 bridgehead atoms. The van der Waals surface area contributed by atoms with Crippen molar-refractivity contribution in [3.63, 3.8) is 0 Å². The lowest BCUT2D eigenvalue weighted by atomic mass is 10.1. The fraction of sp³-hybridized carbons (Fsp3) is 0.400. The molecule has 170 valence electrons. The van der Waals surface area contributed by atoms with E-state index < -0.39 is 33.8 Å². The number of aryl methyl sites for hydroxylation is 1. The summed E-state index contributed by atoms with van der Waals surface area (Å²) in [4.78, 5) is 2.13. The third-order valence-electron chi connectivity index (χ3n) is 4.96. The van der Waals surface area contributed by atoms with E-state index in [1.807, 2.05) is 0 Å². The summed E-state index contributed by atoms with van der Waals surface area (Å²) in [7, 11) is -3.76. The third-order valence-corrected chi connectivity index (χ3v) is 8.47. The summed E-state index contributed by atoms with van der Waals surface area (Å²) in [5.74, 6) is -1.61. The van der Waals surface area contributed by atoms with E-state index in [0.29, 0.717) is 27.2 Å². The van der Waals surface area contributed by atoms with Crippen LogP contribution in [0.5, 0.6) is 0 Å². The van der Waals surface area contributed by atoms with Crippen LogP contribution in [-0.2, 0) is 10.0 Å². The number of anilines is 1. The van der Waals surface area contributed by atoms with Crippen molar-refractivity contribution in [2.75, 3.05) is 30.3 Å². The molecule has 1 heterocycles. The zero-order valence-electron chi connectivity index (χ0n) is 16.8. The molecule has 31 heavy (non-hydrogen) atoms. The standard InChI is InChI=1S/C20H21ClF4N2O2S2/c1-13-9-17(22)18(10-19(13)30-12-20(23,24)25)26-7-8-27(14(2)11-26)31(28,29)16-5-3-15(21)4-6-16/h3-6,9-10,14H,7-8,11-12H2,1-2H3. The van der Waals surface area contributed by atoms with Crippen LogP contribution in [-0.4, -0.2) is 50.3 Å². The highest BCUT2D eigenvalue weighted by Crippen LogP contribution is 2.35. The molecule has 0 amide bonds. The first-order chi connectivity index (χ1) is 14.4. The molecule has 1 aliphatic heterocycles. The maximum absolute atomic E-state index is 14.6. The van der Waals surface area contributed by atoms with Crippen molar-refractivity contribution in [3.8, 4) is 0 Å². The minimum absolute atomic E-state index is 0.115. The normalized spacial score (nSPS) is 18.4. The molecular weight excluding hydrogens is 476 g/mol. The molecule has 3 rings (SSSR count). The Bertz CT molecular complexity index is 1050. The quantitative estimate of drug-likeness (QED) is 0.414. The fourth-order valence-electron chi connectivity index (χ4n) is 3.46. The highest BCUT2D eigenvalue weighted by Gasteiger charge is 2.35. The van der Waals surface area contributed by atoms with Gasteiger partial charge >= 0.3 is 6.18 Å². The predicted octanol–water partition coefficient (Wildman–Crippen LogP) is 5.34. The molecule has 0 saturated carbocycles. The summed E-state index contributed by atoms with van der Waals surface area (Å²) >= 11 is 6.44. The van der Waals surface area contributed by atoms with E-state index in [2.05, 4.69) is 0 Å². The molecule has 0 aromatic heterocycles. The van der Waals surface area contributed by atoms with Gasteiger partial charge < -0.3 is 4.90 Å². The zero-order chi connectivity index (χ0) is 23.0. The van der Waals surface area contributed by atoms with Crippen LogP contribution in [0, 0.1) is 12.7 Å². The SMILES string of the molecule is Cc1cc(F)c(N2CCN(S(=O)(=O)c3ccc(Cl)cc3)C(C)C2)cc1SCC(F)(F)F. The van der Waals surface area contributed by atoms with E-state index in [-0.39, 0.29) is 30.2 Å². The van der Waals surface area contributed by atoms with E-state index in [1.165, 1.54) is 40.7 Å². The maximum atomic E-state index is 14.6. The number of sulfonamides is 1. The molecule has 1 saturated heterocycles. The Balaban J connectivity index is 1.79. The molecule has 2 aromatic carbocycles. The van der Waals surface area contributed by atoms with Crippen molar-refractivity contribution in [2.45, 2.75) is 35.9 Å². The van der Waals surface area contributed by atoms with Gasteiger partial charge in [0.05, 0.1) is 16.3 Å². The number of thioether (sulfide) groups is 1. The monoisotopic (exact) mass is 496 g/mol. The lowest BCUT2D eigenvalue weighted by Gasteiger charge is -2.40. The Hall–Kier alpha value is -1.49. The minimum atomic E-state index is -4.33. The minimum Gasteiger partial charge on any atom is -0.366 e. The summed E-state index contributed by atoms with van der Waals surface area (Å²) in [6.45, 7) is 3.80. The van der Waals surface area contributed by atoms with Crippen LogP contribution in [0.1, 0.15) is 12.5 Å². The lowest BCUT2D eigenvalue weighted by molar-refractivity contribution is -0.105.